The average Bonchev–Trinajstić information content (AvgIpc) is 2.61. The lowest BCUT2D eigenvalue weighted by molar-refractivity contribution is 0.0473. The Morgan fingerprint density at radius 1 is 0.913 bits per heavy atom. The maximum absolute atomic E-state index is 12.0. The van der Waals surface area contributed by atoms with Crippen molar-refractivity contribution in [2.45, 2.75) is 6.61 Å². The van der Waals surface area contributed by atoms with Crippen molar-refractivity contribution in [3.63, 3.8) is 0 Å². The fraction of sp³-hybridized carbons (Fsp3) is 0.0526. The molecule has 1 aromatic heterocycles. The maximum Gasteiger partial charge on any atom is 0.338 e. The van der Waals surface area contributed by atoms with Gasteiger partial charge in [0.15, 0.2) is 0 Å². The zero-order valence-electron chi connectivity index (χ0n) is 12.4. The Morgan fingerprint density at radius 3 is 2.35 bits per heavy atom. The molecule has 0 aliphatic carbocycles. The van der Waals surface area contributed by atoms with Crippen molar-refractivity contribution in [3.8, 4) is 11.1 Å². The van der Waals surface area contributed by atoms with Crippen LogP contribution in [0.4, 0.5) is 0 Å². The van der Waals surface area contributed by atoms with Crippen LogP contribution >= 0.6 is 0 Å². The van der Waals surface area contributed by atoms with E-state index in [9.17, 15) is 9.59 Å². The van der Waals surface area contributed by atoms with Crippen molar-refractivity contribution in [1.82, 2.24) is 4.98 Å². The summed E-state index contributed by atoms with van der Waals surface area (Å²) < 4.78 is 5.28. The molecule has 1 heterocycles. The predicted octanol–water partition coefficient (Wildman–Crippen LogP) is 3.40. The molecular formula is C19H15NO3. The van der Waals surface area contributed by atoms with Gasteiger partial charge in [-0.2, -0.15) is 0 Å². The summed E-state index contributed by atoms with van der Waals surface area (Å²) in [4.78, 5) is 26.4. The van der Waals surface area contributed by atoms with Crippen LogP contribution in [0, 0.1) is 0 Å². The van der Waals surface area contributed by atoms with E-state index in [-0.39, 0.29) is 18.1 Å². The van der Waals surface area contributed by atoms with E-state index in [0.29, 0.717) is 11.1 Å². The number of hydrogen-bond acceptors (Lipinski definition) is 3. The standard InChI is InChI=1S/C19H15NO3/c21-18-17(7-4-12-20-18)15-8-10-16(11-9-15)19(22)23-13-14-5-2-1-3-6-14/h1-12H,13H2,(H,20,21). The van der Waals surface area contributed by atoms with Crippen molar-refractivity contribution in [3.05, 3.63) is 94.4 Å². The highest BCUT2D eigenvalue weighted by atomic mass is 16.5. The summed E-state index contributed by atoms with van der Waals surface area (Å²) in [6.45, 7) is 0.236. The van der Waals surface area contributed by atoms with Gasteiger partial charge < -0.3 is 9.72 Å². The van der Waals surface area contributed by atoms with Gasteiger partial charge in [-0.3, -0.25) is 4.79 Å². The fourth-order valence-electron chi connectivity index (χ4n) is 2.24. The van der Waals surface area contributed by atoms with Crippen LogP contribution in [0.1, 0.15) is 15.9 Å². The first-order valence-corrected chi connectivity index (χ1v) is 7.23. The van der Waals surface area contributed by atoms with E-state index < -0.39 is 0 Å². The Bertz CT molecular complexity index is 852. The first-order valence-electron chi connectivity index (χ1n) is 7.23. The molecule has 3 rings (SSSR count). The van der Waals surface area contributed by atoms with Crippen molar-refractivity contribution < 1.29 is 9.53 Å². The summed E-state index contributed by atoms with van der Waals surface area (Å²) in [6, 6.07) is 19.8. The molecule has 0 fully saturated rings. The molecule has 0 spiro atoms. The zero-order chi connectivity index (χ0) is 16.1. The largest absolute Gasteiger partial charge is 0.457 e. The highest BCUT2D eigenvalue weighted by Gasteiger charge is 2.08. The average molecular weight is 305 g/mol. The number of nitrogens with one attached hydrogen (secondary N) is 1. The fourth-order valence-corrected chi connectivity index (χ4v) is 2.24. The van der Waals surface area contributed by atoms with Gasteiger partial charge >= 0.3 is 5.97 Å². The number of ether oxygens (including phenoxy) is 1. The molecule has 0 saturated heterocycles. The first kappa shape index (κ1) is 14.8. The SMILES string of the molecule is O=C(OCc1ccccc1)c1ccc(-c2ccc[nH]c2=O)cc1. The number of esters is 1. The van der Waals surface area contributed by atoms with Crippen LogP contribution in [0.25, 0.3) is 11.1 Å². The van der Waals surface area contributed by atoms with E-state index in [1.165, 1.54) is 0 Å². The van der Waals surface area contributed by atoms with Gasteiger partial charge in [0.1, 0.15) is 6.61 Å². The number of carbonyl (C=O) groups excluding carboxylic acids is 1. The third-order valence-electron chi connectivity index (χ3n) is 3.46. The molecule has 2 aromatic carbocycles. The summed E-state index contributed by atoms with van der Waals surface area (Å²) in [7, 11) is 0. The van der Waals surface area contributed by atoms with Gasteiger partial charge in [-0.1, -0.05) is 42.5 Å². The van der Waals surface area contributed by atoms with Gasteiger partial charge in [0.25, 0.3) is 5.56 Å². The highest BCUT2D eigenvalue weighted by Crippen LogP contribution is 2.16. The quantitative estimate of drug-likeness (QED) is 0.752. The summed E-state index contributed by atoms with van der Waals surface area (Å²) >= 11 is 0. The van der Waals surface area contributed by atoms with Gasteiger partial charge in [0.05, 0.1) is 5.56 Å². The molecule has 0 bridgehead atoms. The Hall–Kier alpha value is -3.14. The van der Waals surface area contributed by atoms with E-state index in [2.05, 4.69) is 4.98 Å². The molecule has 0 unspecified atom stereocenters. The number of carbonyl (C=O) groups is 1. The molecule has 114 valence electrons. The number of hydrogen-bond donors (Lipinski definition) is 1. The van der Waals surface area contributed by atoms with Crippen LogP contribution in [0.3, 0.4) is 0 Å². The lowest BCUT2D eigenvalue weighted by Crippen LogP contribution is -2.08. The Morgan fingerprint density at radius 2 is 1.65 bits per heavy atom. The van der Waals surface area contributed by atoms with E-state index in [0.717, 1.165) is 11.1 Å². The van der Waals surface area contributed by atoms with Crippen LogP contribution < -0.4 is 5.56 Å². The van der Waals surface area contributed by atoms with Gasteiger partial charge in [-0.25, -0.2) is 4.79 Å². The maximum atomic E-state index is 12.0. The van der Waals surface area contributed by atoms with Crippen LogP contribution in [0.5, 0.6) is 0 Å². The monoisotopic (exact) mass is 305 g/mol. The van der Waals surface area contributed by atoms with Gasteiger partial charge in [0, 0.05) is 11.8 Å². The second-order valence-electron chi connectivity index (χ2n) is 5.05. The number of pyridine rings is 1. The minimum Gasteiger partial charge on any atom is -0.457 e. The molecule has 4 nitrogen and oxygen atoms in total. The lowest BCUT2D eigenvalue weighted by atomic mass is 10.1. The number of aromatic nitrogens is 1. The third-order valence-corrected chi connectivity index (χ3v) is 3.46. The lowest BCUT2D eigenvalue weighted by Gasteiger charge is -2.06. The molecule has 0 radical (unpaired) electrons. The number of benzene rings is 2. The predicted molar refractivity (Wildman–Crippen MR) is 88.1 cm³/mol. The first-order chi connectivity index (χ1) is 11.2. The molecule has 4 heteroatoms. The molecular weight excluding hydrogens is 290 g/mol. The normalized spacial score (nSPS) is 10.3. The Balaban J connectivity index is 1.71. The van der Waals surface area contributed by atoms with Gasteiger partial charge in [-0.15, -0.1) is 0 Å². The molecule has 0 amide bonds. The van der Waals surface area contributed by atoms with Crippen LogP contribution in [-0.4, -0.2) is 11.0 Å². The minimum atomic E-state index is -0.387. The van der Waals surface area contributed by atoms with Crippen molar-refractivity contribution in [2.24, 2.45) is 0 Å². The van der Waals surface area contributed by atoms with Crippen LogP contribution in [0.2, 0.25) is 0 Å². The smallest absolute Gasteiger partial charge is 0.338 e. The summed E-state index contributed by atoms with van der Waals surface area (Å²) in [5.74, 6) is -0.387. The Labute approximate surface area is 133 Å². The van der Waals surface area contributed by atoms with E-state index >= 15 is 0 Å². The highest BCUT2D eigenvalue weighted by molar-refractivity contribution is 5.90. The van der Waals surface area contributed by atoms with Crippen molar-refractivity contribution >= 4 is 5.97 Å². The van der Waals surface area contributed by atoms with Gasteiger partial charge in [0.2, 0.25) is 0 Å². The molecule has 0 aliphatic rings. The van der Waals surface area contributed by atoms with Crippen molar-refractivity contribution in [2.75, 3.05) is 0 Å². The number of rotatable bonds is 4. The molecule has 0 atom stereocenters. The topological polar surface area (TPSA) is 59.2 Å². The second-order valence-corrected chi connectivity index (χ2v) is 5.05. The molecule has 0 aliphatic heterocycles. The summed E-state index contributed by atoms with van der Waals surface area (Å²) in [5.41, 5.74) is 2.56. The molecule has 1 N–H and O–H groups in total. The summed E-state index contributed by atoms with van der Waals surface area (Å²) in [6.07, 6.45) is 1.58. The van der Waals surface area contributed by atoms with E-state index in [1.807, 2.05) is 30.3 Å². The molecule has 0 saturated carbocycles. The van der Waals surface area contributed by atoms with E-state index in [1.54, 1.807) is 42.6 Å². The van der Waals surface area contributed by atoms with Crippen molar-refractivity contribution in [1.29, 1.82) is 0 Å². The Kier molecular flexibility index (Phi) is 4.34. The van der Waals surface area contributed by atoms with Gasteiger partial charge in [-0.05, 0) is 35.4 Å². The second kappa shape index (κ2) is 6.75. The summed E-state index contributed by atoms with van der Waals surface area (Å²) in [5, 5.41) is 0. The minimum absolute atomic E-state index is 0.160. The number of aromatic amines is 1. The zero-order valence-corrected chi connectivity index (χ0v) is 12.4. The number of H-pyrrole nitrogens is 1. The molecule has 3 aromatic rings. The van der Waals surface area contributed by atoms with E-state index in [4.69, 9.17) is 4.74 Å². The van der Waals surface area contributed by atoms with Crippen LogP contribution in [-0.2, 0) is 11.3 Å². The molecule has 23 heavy (non-hydrogen) atoms. The third kappa shape index (κ3) is 3.55. The van der Waals surface area contributed by atoms with Crippen LogP contribution in [0.15, 0.2) is 77.7 Å².